The molecule has 0 saturated heterocycles. The Morgan fingerprint density at radius 3 is 2.42 bits per heavy atom. The second kappa shape index (κ2) is 4.37. The van der Waals surface area contributed by atoms with Crippen molar-refractivity contribution in [2.45, 2.75) is 64.0 Å². The van der Waals surface area contributed by atoms with Gasteiger partial charge in [-0.2, -0.15) is 0 Å². The largest absolute Gasteiger partial charge is 0.336 e. The molecule has 2 amide bonds. The van der Waals surface area contributed by atoms with Crippen LogP contribution in [0.25, 0.3) is 0 Å². The van der Waals surface area contributed by atoms with E-state index in [9.17, 15) is 4.79 Å². The Morgan fingerprint density at radius 2 is 1.89 bits per heavy atom. The van der Waals surface area contributed by atoms with Gasteiger partial charge in [-0.1, -0.05) is 0 Å². The van der Waals surface area contributed by atoms with Gasteiger partial charge < -0.3 is 16.4 Å². The summed E-state index contributed by atoms with van der Waals surface area (Å²) >= 11 is 0. The number of rotatable bonds is 3. The third-order valence-electron chi connectivity index (χ3n) is 5.41. The Bertz CT molecular complexity index is 366. The molecule has 2 unspecified atom stereocenters. The molecule has 0 radical (unpaired) electrons. The molecule has 4 rings (SSSR count). The summed E-state index contributed by atoms with van der Waals surface area (Å²) in [4.78, 5) is 12.1. The van der Waals surface area contributed by atoms with Gasteiger partial charge in [-0.05, 0) is 76.2 Å². The molecule has 4 aliphatic rings. The molecule has 0 heterocycles. The van der Waals surface area contributed by atoms with Gasteiger partial charge in [-0.15, -0.1) is 0 Å². The van der Waals surface area contributed by atoms with E-state index in [1.807, 2.05) is 13.8 Å². The second-order valence-electron chi connectivity index (χ2n) is 7.70. The summed E-state index contributed by atoms with van der Waals surface area (Å²) in [7, 11) is 0. The predicted octanol–water partition coefficient (Wildman–Crippen LogP) is 1.99. The smallest absolute Gasteiger partial charge is 0.315 e. The minimum Gasteiger partial charge on any atom is -0.336 e. The van der Waals surface area contributed by atoms with Crippen molar-refractivity contribution < 1.29 is 4.79 Å². The van der Waals surface area contributed by atoms with Crippen LogP contribution >= 0.6 is 0 Å². The lowest BCUT2D eigenvalue weighted by Crippen LogP contribution is -2.65. The van der Waals surface area contributed by atoms with E-state index in [-0.39, 0.29) is 17.6 Å². The van der Waals surface area contributed by atoms with Crippen LogP contribution in [0, 0.1) is 17.3 Å². The van der Waals surface area contributed by atoms with Gasteiger partial charge in [0.15, 0.2) is 0 Å². The standard InChI is InChI=1S/C15H27N3O/c1-10(2)17-13(19)18-15-6-11-3-12(7-15)5-14(4-11,8-15)9-16/h10-12H,3-9,16H2,1-2H3,(H2,17,18,19). The van der Waals surface area contributed by atoms with Crippen molar-refractivity contribution in [2.24, 2.45) is 23.0 Å². The molecule has 0 spiro atoms. The third kappa shape index (κ3) is 2.35. The van der Waals surface area contributed by atoms with Crippen molar-refractivity contribution in [3.05, 3.63) is 0 Å². The number of hydrogen-bond donors (Lipinski definition) is 3. The molecular weight excluding hydrogens is 238 g/mol. The van der Waals surface area contributed by atoms with E-state index < -0.39 is 0 Å². The molecule has 4 heteroatoms. The van der Waals surface area contributed by atoms with Crippen molar-refractivity contribution in [2.75, 3.05) is 6.54 Å². The summed E-state index contributed by atoms with van der Waals surface area (Å²) in [6, 6.07) is 0.196. The third-order valence-corrected chi connectivity index (χ3v) is 5.41. The Kier molecular flexibility index (Phi) is 3.04. The zero-order chi connectivity index (χ0) is 13.7. The van der Waals surface area contributed by atoms with E-state index in [4.69, 9.17) is 5.73 Å². The lowest BCUT2D eigenvalue weighted by atomic mass is 9.47. The Balaban J connectivity index is 1.75. The molecule has 4 fully saturated rings. The van der Waals surface area contributed by atoms with Crippen molar-refractivity contribution >= 4 is 6.03 Å². The monoisotopic (exact) mass is 265 g/mol. The van der Waals surface area contributed by atoms with E-state index in [0.29, 0.717) is 5.41 Å². The Labute approximate surface area is 115 Å². The first kappa shape index (κ1) is 13.2. The van der Waals surface area contributed by atoms with Crippen LogP contribution in [0.1, 0.15) is 52.4 Å². The van der Waals surface area contributed by atoms with Gasteiger partial charge in [-0.3, -0.25) is 0 Å². The first-order valence-corrected chi connectivity index (χ1v) is 7.73. The van der Waals surface area contributed by atoms with Crippen LogP contribution < -0.4 is 16.4 Å². The quantitative estimate of drug-likeness (QED) is 0.730. The minimum atomic E-state index is 0.00382. The van der Waals surface area contributed by atoms with Crippen LogP contribution in [0.2, 0.25) is 0 Å². The van der Waals surface area contributed by atoms with Crippen LogP contribution in [-0.4, -0.2) is 24.2 Å². The Hall–Kier alpha value is -0.770. The minimum absolute atomic E-state index is 0.00382. The average molecular weight is 265 g/mol. The van der Waals surface area contributed by atoms with Gasteiger partial charge in [0.25, 0.3) is 0 Å². The lowest BCUT2D eigenvalue weighted by molar-refractivity contribution is -0.0717. The number of amides is 2. The lowest BCUT2D eigenvalue weighted by Gasteiger charge is -2.62. The SMILES string of the molecule is CC(C)NC(=O)NC12CC3CC(CC(CN)(C3)C1)C2. The molecule has 19 heavy (non-hydrogen) atoms. The summed E-state index contributed by atoms with van der Waals surface area (Å²) < 4.78 is 0. The van der Waals surface area contributed by atoms with Gasteiger partial charge in [-0.25, -0.2) is 4.79 Å². The number of nitrogens with two attached hydrogens (primary N) is 1. The second-order valence-corrected chi connectivity index (χ2v) is 7.70. The number of nitrogens with one attached hydrogen (secondary N) is 2. The molecule has 4 N–H and O–H groups in total. The fraction of sp³-hybridized carbons (Fsp3) is 0.933. The maximum absolute atomic E-state index is 12.1. The molecule has 4 saturated carbocycles. The van der Waals surface area contributed by atoms with Crippen LogP contribution in [0.3, 0.4) is 0 Å². The topological polar surface area (TPSA) is 67.2 Å². The molecule has 0 aliphatic heterocycles. The molecule has 4 nitrogen and oxygen atoms in total. The molecule has 2 atom stereocenters. The van der Waals surface area contributed by atoms with Gasteiger partial charge in [0.2, 0.25) is 0 Å². The molecule has 108 valence electrons. The van der Waals surface area contributed by atoms with Gasteiger partial charge in [0, 0.05) is 11.6 Å². The molecule has 0 aromatic carbocycles. The Morgan fingerprint density at radius 1 is 1.26 bits per heavy atom. The molecule has 4 bridgehead atoms. The maximum Gasteiger partial charge on any atom is 0.315 e. The highest BCUT2D eigenvalue weighted by Gasteiger charge is 2.57. The van der Waals surface area contributed by atoms with Crippen LogP contribution in [0.15, 0.2) is 0 Å². The number of hydrogen-bond acceptors (Lipinski definition) is 2. The summed E-state index contributed by atoms with van der Waals surface area (Å²) in [6.45, 7) is 4.79. The molecule has 4 aliphatic carbocycles. The highest BCUT2D eigenvalue weighted by atomic mass is 16.2. The highest BCUT2D eigenvalue weighted by molar-refractivity contribution is 5.75. The van der Waals surface area contributed by atoms with Gasteiger partial charge >= 0.3 is 6.03 Å². The summed E-state index contributed by atoms with van der Waals surface area (Å²) in [5.41, 5.74) is 6.41. The molecule has 0 aromatic heterocycles. The van der Waals surface area contributed by atoms with Crippen molar-refractivity contribution in [3.63, 3.8) is 0 Å². The van der Waals surface area contributed by atoms with Gasteiger partial charge in [0.05, 0.1) is 0 Å². The van der Waals surface area contributed by atoms with Crippen LogP contribution in [-0.2, 0) is 0 Å². The summed E-state index contributed by atoms with van der Waals surface area (Å²) in [6.07, 6.45) is 7.35. The fourth-order valence-electron chi connectivity index (χ4n) is 5.38. The van der Waals surface area contributed by atoms with E-state index in [1.54, 1.807) is 0 Å². The van der Waals surface area contributed by atoms with E-state index in [0.717, 1.165) is 37.6 Å². The van der Waals surface area contributed by atoms with E-state index in [2.05, 4.69) is 10.6 Å². The first-order valence-electron chi connectivity index (χ1n) is 7.73. The maximum atomic E-state index is 12.1. The zero-order valence-corrected chi connectivity index (χ0v) is 12.2. The van der Waals surface area contributed by atoms with E-state index in [1.165, 1.54) is 19.3 Å². The van der Waals surface area contributed by atoms with Crippen LogP contribution in [0.5, 0.6) is 0 Å². The molecular formula is C15H27N3O. The van der Waals surface area contributed by atoms with Crippen molar-refractivity contribution in [3.8, 4) is 0 Å². The fourth-order valence-corrected chi connectivity index (χ4v) is 5.38. The highest BCUT2D eigenvalue weighted by Crippen LogP contribution is 2.61. The summed E-state index contributed by atoms with van der Waals surface area (Å²) in [5, 5.41) is 6.28. The first-order chi connectivity index (χ1) is 8.94. The number of urea groups is 1. The summed E-state index contributed by atoms with van der Waals surface area (Å²) in [5.74, 6) is 1.56. The number of carbonyl (C=O) groups excluding carboxylic acids is 1. The zero-order valence-electron chi connectivity index (χ0n) is 12.2. The van der Waals surface area contributed by atoms with E-state index >= 15 is 0 Å². The number of carbonyl (C=O) groups is 1. The predicted molar refractivity (Wildman–Crippen MR) is 75.7 cm³/mol. The van der Waals surface area contributed by atoms with Crippen LogP contribution in [0.4, 0.5) is 4.79 Å². The van der Waals surface area contributed by atoms with Crippen molar-refractivity contribution in [1.29, 1.82) is 0 Å². The normalized spacial score (nSPS) is 43.6. The molecule has 0 aromatic rings. The average Bonchev–Trinajstić information content (AvgIpc) is 2.24. The van der Waals surface area contributed by atoms with Gasteiger partial charge in [0.1, 0.15) is 0 Å². The van der Waals surface area contributed by atoms with Crippen molar-refractivity contribution in [1.82, 2.24) is 10.6 Å².